The molecule has 1 aliphatic carbocycles. The highest BCUT2D eigenvalue weighted by Crippen LogP contribution is 2.40. The van der Waals surface area contributed by atoms with Crippen LogP contribution in [0.25, 0.3) is 11.5 Å². The Kier molecular flexibility index (Phi) is 4.64. The predicted molar refractivity (Wildman–Crippen MR) is 95.3 cm³/mol. The van der Waals surface area contributed by atoms with Crippen LogP contribution in [0.1, 0.15) is 24.4 Å². The van der Waals surface area contributed by atoms with Crippen molar-refractivity contribution in [1.82, 2.24) is 15.5 Å². The topological polar surface area (TPSA) is 77.2 Å². The summed E-state index contributed by atoms with van der Waals surface area (Å²) in [5.41, 5.74) is 1.95. The van der Waals surface area contributed by atoms with Gasteiger partial charge in [0.1, 0.15) is 5.75 Å². The Balaban J connectivity index is 1.33. The van der Waals surface area contributed by atoms with E-state index < -0.39 is 0 Å². The quantitative estimate of drug-likeness (QED) is 0.707. The summed E-state index contributed by atoms with van der Waals surface area (Å²) in [6.07, 6.45) is 3.59. The highest BCUT2D eigenvalue weighted by molar-refractivity contribution is 5.78. The molecule has 0 aliphatic heterocycles. The molecule has 0 saturated heterocycles. The van der Waals surface area contributed by atoms with E-state index in [1.54, 1.807) is 12.1 Å². The van der Waals surface area contributed by atoms with E-state index in [0.717, 1.165) is 24.0 Å². The number of carbonyl (C=O) groups is 1. The lowest BCUT2D eigenvalue weighted by atomic mass is 10.0. The van der Waals surface area contributed by atoms with Gasteiger partial charge in [0.05, 0.1) is 6.04 Å². The van der Waals surface area contributed by atoms with Crippen LogP contribution >= 0.6 is 0 Å². The average Bonchev–Trinajstić information content (AvgIpc) is 3.38. The lowest BCUT2D eigenvalue weighted by Gasteiger charge is -2.19. The van der Waals surface area contributed by atoms with Crippen LogP contribution in [0.15, 0.2) is 65.4 Å². The van der Waals surface area contributed by atoms with Gasteiger partial charge >= 0.3 is 0 Å². The second kappa shape index (κ2) is 7.39. The number of carbonyl (C=O) groups excluding carboxylic acids is 1. The first-order valence-corrected chi connectivity index (χ1v) is 8.63. The summed E-state index contributed by atoms with van der Waals surface area (Å²) in [6.45, 7) is -0.0179. The van der Waals surface area contributed by atoms with Crippen LogP contribution in [-0.4, -0.2) is 22.7 Å². The molecule has 132 valence electrons. The largest absolute Gasteiger partial charge is 0.484 e. The van der Waals surface area contributed by atoms with Crippen molar-refractivity contribution < 1.29 is 13.9 Å². The lowest BCUT2D eigenvalue weighted by molar-refractivity contribution is -0.124. The van der Waals surface area contributed by atoms with E-state index >= 15 is 0 Å². The van der Waals surface area contributed by atoms with E-state index in [0.29, 0.717) is 17.6 Å². The maximum atomic E-state index is 12.3. The molecule has 6 heteroatoms. The number of rotatable bonds is 7. The van der Waals surface area contributed by atoms with Gasteiger partial charge in [0.25, 0.3) is 5.91 Å². The molecule has 1 fully saturated rings. The van der Waals surface area contributed by atoms with Crippen LogP contribution < -0.4 is 10.1 Å². The Hall–Kier alpha value is -3.15. The van der Waals surface area contributed by atoms with Gasteiger partial charge in [0.2, 0.25) is 12.3 Å². The van der Waals surface area contributed by atoms with Crippen LogP contribution in [0, 0.1) is 5.92 Å². The first-order chi connectivity index (χ1) is 12.8. The number of hydrogen-bond donors (Lipinski definition) is 1. The Morgan fingerprint density at radius 3 is 2.58 bits per heavy atom. The Bertz CT molecular complexity index is 844. The van der Waals surface area contributed by atoms with E-state index in [-0.39, 0.29) is 18.6 Å². The summed E-state index contributed by atoms with van der Waals surface area (Å²) in [6, 6.07) is 17.3. The zero-order chi connectivity index (χ0) is 17.8. The van der Waals surface area contributed by atoms with E-state index in [4.69, 9.17) is 9.15 Å². The number of nitrogens with zero attached hydrogens (tertiary/aromatic N) is 2. The maximum absolute atomic E-state index is 12.3. The van der Waals surface area contributed by atoms with Crippen molar-refractivity contribution in [1.29, 1.82) is 0 Å². The standard InChI is InChI=1S/C20H19N3O3/c24-18(22-19(15-6-7-15)14-4-2-1-3-5-14)12-25-17-10-8-16(9-11-17)20-23-21-13-26-20/h1-5,8-11,13,15,19H,6-7,12H2,(H,22,24). The number of hydrogen-bond acceptors (Lipinski definition) is 5. The summed E-state index contributed by atoms with van der Waals surface area (Å²) in [5, 5.41) is 10.6. The summed E-state index contributed by atoms with van der Waals surface area (Å²) < 4.78 is 10.7. The smallest absolute Gasteiger partial charge is 0.258 e. The first kappa shape index (κ1) is 16.3. The van der Waals surface area contributed by atoms with E-state index in [2.05, 4.69) is 27.6 Å². The zero-order valence-electron chi connectivity index (χ0n) is 14.2. The van der Waals surface area contributed by atoms with Crippen LogP contribution in [0.3, 0.4) is 0 Å². The van der Waals surface area contributed by atoms with Gasteiger partial charge in [-0.05, 0) is 48.6 Å². The lowest BCUT2D eigenvalue weighted by Crippen LogP contribution is -2.33. The average molecular weight is 349 g/mol. The molecule has 1 atom stereocenters. The molecule has 0 bridgehead atoms. The van der Waals surface area contributed by atoms with E-state index in [1.165, 1.54) is 6.39 Å². The molecule has 1 heterocycles. The third kappa shape index (κ3) is 3.91. The maximum Gasteiger partial charge on any atom is 0.258 e. The van der Waals surface area contributed by atoms with Crippen LogP contribution in [0.4, 0.5) is 0 Å². The number of benzene rings is 2. The third-order valence-corrected chi connectivity index (χ3v) is 4.40. The zero-order valence-corrected chi connectivity index (χ0v) is 14.2. The summed E-state index contributed by atoms with van der Waals surface area (Å²) in [5.74, 6) is 1.47. The van der Waals surface area contributed by atoms with E-state index in [9.17, 15) is 4.79 Å². The van der Waals surface area contributed by atoms with Crippen molar-refractivity contribution in [3.8, 4) is 17.2 Å². The van der Waals surface area contributed by atoms with Crippen LogP contribution in [0.2, 0.25) is 0 Å². The molecule has 0 spiro atoms. The van der Waals surface area contributed by atoms with Gasteiger partial charge < -0.3 is 14.5 Å². The van der Waals surface area contributed by atoms with E-state index in [1.807, 2.05) is 30.3 Å². The molecular formula is C20H19N3O3. The highest BCUT2D eigenvalue weighted by Gasteiger charge is 2.33. The molecule has 0 radical (unpaired) electrons. The molecule has 1 aliphatic rings. The molecular weight excluding hydrogens is 330 g/mol. The van der Waals surface area contributed by atoms with Crippen LogP contribution in [0.5, 0.6) is 5.75 Å². The van der Waals surface area contributed by atoms with Crippen molar-refractivity contribution in [2.24, 2.45) is 5.92 Å². The first-order valence-electron chi connectivity index (χ1n) is 8.63. The molecule has 4 rings (SSSR count). The van der Waals surface area contributed by atoms with Crippen LogP contribution in [-0.2, 0) is 4.79 Å². The van der Waals surface area contributed by atoms with Gasteiger partial charge in [0, 0.05) is 5.56 Å². The fraction of sp³-hybridized carbons (Fsp3) is 0.250. The normalized spacial score (nSPS) is 14.6. The second-order valence-corrected chi connectivity index (χ2v) is 6.35. The number of ether oxygens (including phenoxy) is 1. The molecule has 26 heavy (non-hydrogen) atoms. The van der Waals surface area contributed by atoms with Crippen molar-refractivity contribution in [2.75, 3.05) is 6.61 Å². The molecule has 1 aromatic heterocycles. The molecule has 6 nitrogen and oxygen atoms in total. The van der Waals surface area contributed by atoms with Gasteiger partial charge in [-0.3, -0.25) is 4.79 Å². The molecule has 1 amide bonds. The minimum atomic E-state index is -0.119. The van der Waals surface area contributed by atoms with Gasteiger partial charge in [-0.2, -0.15) is 0 Å². The third-order valence-electron chi connectivity index (χ3n) is 4.40. The van der Waals surface area contributed by atoms with Gasteiger partial charge in [-0.1, -0.05) is 30.3 Å². The Morgan fingerprint density at radius 2 is 1.92 bits per heavy atom. The summed E-state index contributed by atoms with van der Waals surface area (Å²) in [7, 11) is 0. The molecule has 1 N–H and O–H groups in total. The monoisotopic (exact) mass is 349 g/mol. The SMILES string of the molecule is O=C(COc1ccc(-c2nnco2)cc1)NC(c1ccccc1)C1CC1. The number of aromatic nitrogens is 2. The molecule has 1 saturated carbocycles. The van der Waals surface area contributed by atoms with Gasteiger partial charge in [0.15, 0.2) is 6.61 Å². The number of nitrogens with one attached hydrogen (secondary N) is 1. The van der Waals surface area contributed by atoms with Crippen molar-refractivity contribution in [3.63, 3.8) is 0 Å². The Labute approximate surface area is 151 Å². The number of amides is 1. The minimum absolute atomic E-state index is 0.0179. The predicted octanol–water partition coefficient (Wildman–Crippen LogP) is 3.38. The van der Waals surface area contributed by atoms with Gasteiger partial charge in [-0.15, -0.1) is 10.2 Å². The summed E-state index contributed by atoms with van der Waals surface area (Å²) in [4.78, 5) is 12.3. The molecule has 3 aromatic rings. The van der Waals surface area contributed by atoms with Crippen molar-refractivity contribution in [3.05, 3.63) is 66.6 Å². The second-order valence-electron chi connectivity index (χ2n) is 6.35. The molecule has 2 aromatic carbocycles. The Morgan fingerprint density at radius 1 is 1.15 bits per heavy atom. The summed E-state index contributed by atoms with van der Waals surface area (Å²) >= 11 is 0. The van der Waals surface area contributed by atoms with Crippen molar-refractivity contribution in [2.45, 2.75) is 18.9 Å². The fourth-order valence-electron chi connectivity index (χ4n) is 2.92. The van der Waals surface area contributed by atoms with Crippen molar-refractivity contribution >= 4 is 5.91 Å². The minimum Gasteiger partial charge on any atom is -0.484 e. The molecule has 1 unspecified atom stereocenters. The highest BCUT2D eigenvalue weighted by atomic mass is 16.5. The van der Waals surface area contributed by atoms with Gasteiger partial charge in [-0.25, -0.2) is 0 Å². The fourth-order valence-corrected chi connectivity index (χ4v) is 2.92.